The lowest BCUT2D eigenvalue weighted by atomic mass is 10.1. The summed E-state index contributed by atoms with van der Waals surface area (Å²) < 4.78 is 38.2. The summed E-state index contributed by atoms with van der Waals surface area (Å²) in [5, 5.41) is 2.53. The Hall–Kier alpha value is -2.31. The fourth-order valence-corrected chi connectivity index (χ4v) is 1.41. The number of para-hydroxylation sites is 1. The fourth-order valence-electron chi connectivity index (χ4n) is 1.41. The number of alkyl halides is 3. The van der Waals surface area contributed by atoms with E-state index in [0.717, 1.165) is 6.07 Å². The van der Waals surface area contributed by atoms with Crippen molar-refractivity contribution >= 4 is 17.3 Å². The van der Waals surface area contributed by atoms with E-state index in [1.54, 1.807) is 0 Å². The van der Waals surface area contributed by atoms with Crippen molar-refractivity contribution in [2.24, 2.45) is 0 Å². The fraction of sp³-hybridized carbons (Fsp3) is 0.0909. The summed E-state index contributed by atoms with van der Waals surface area (Å²) in [6.45, 7) is 0. The van der Waals surface area contributed by atoms with Gasteiger partial charge in [0.15, 0.2) is 11.6 Å². The van der Waals surface area contributed by atoms with Crippen LogP contribution >= 0.6 is 0 Å². The van der Waals surface area contributed by atoms with Gasteiger partial charge in [-0.15, -0.1) is 0 Å². The molecule has 4 nitrogen and oxygen atoms in total. The number of halogens is 3. The van der Waals surface area contributed by atoms with Gasteiger partial charge in [0.1, 0.15) is 0 Å². The van der Waals surface area contributed by atoms with Gasteiger partial charge in [-0.25, -0.2) is 9.97 Å². The first-order valence-electron chi connectivity index (χ1n) is 4.98. The molecule has 1 aromatic carbocycles. The Morgan fingerprint density at radius 3 is 2.39 bits per heavy atom. The zero-order valence-corrected chi connectivity index (χ0v) is 9.07. The van der Waals surface area contributed by atoms with Crippen LogP contribution < -0.4 is 11.1 Å². The molecule has 0 saturated heterocycles. The first-order valence-corrected chi connectivity index (χ1v) is 4.98. The molecule has 0 aliphatic heterocycles. The zero-order valence-electron chi connectivity index (χ0n) is 9.07. The molecule has 3 N–H and O–H groups in total. The molecular weight excluding hydrogens is 245 g/mol. The lowest BCUT2D eigenvalue weighted by Gasteiger charge is -2.14. The predicted molar refractivity (Wildman–Crippen MR) is 61.2 cm³/mol. The van der Waals surface area contributed by atoms with Crippen LogP contribution in [0.5, 0.6) is 0 Å². The summed E-state index contributed by atoms with van der Waals surface area (Å²) in [6.07, 6.45) is -1.74. The SMILES string of the molecule is Nc1nccnc1Nc1ccccc1C(F)(F)F. The quantitative estimate of drug-likeness (QED) is 0.864. The summed E-state index contributed by atoms with van der Waals surface area (Å²) in [6, 6.07) is 5.09. The van der Waals surface area contributed by atoms with Gasteiger partial charge in [0.05, 0.1) is 11.3 Å². The van der Waals surface area contributed by atoms with E-state index < -0.39 is 11.7 Å². The van der Waals surface area contributed by atoms with E-state index in [1.165, 1.54) is 30.6 Å². The number of nitrogens with two attached hydrogens (primary N) is 1. The normalized spacial score (nSPS) is 11.3. The van der Waals surface area contributed by atoms with Gasteiger partial charge in [0.25, 0.3) is 0 Å². The first kappa shape index (κ1) is 12.2. The zero-order chi connectivity index (χ0) is 13.2. The maximum Gasteiger partial charge on any atom is 0.418 e. The molecule has 0 aliphatic carbocycles. The maximum atomic E-state index is 12.7. The average Bonchev–Trinajstić information content (AvgIpc) is 2.31. The van der Waals surface area contributed by atoms with Crippen LogP contribution in [-0.4, -0.2) is 9.97 Å². The highest BCUT2D eigenvalue weighted by molar-refractivity contribution is 5.67. The van der Waals surface area contributed by atoms with Gasteiger partial charge >= 0.3 is 6.18 Å². The molecule has 0 saturated carbocycles. The van der Waals surface area contributed by atoms with E-state index in [1.807, 2.05) is 0 Å². The molecule has 0 spiro atoms. The van der Waals surface area contributed by atoms with Gasteiger partial charge in [-0.2, -0.15) is 13.2 Å². The number of rotatable bonds is 2. The number of anilines is 3. The van der Waals surface area contributed by atoms with Gasteiger partial charge in [0.2, 0.25) is 0 Å². The van der Waals surface area contributed by atoms with Crippen molar-refractivity contribution in [1.29, 1.82) is 0 Å². The average molecular weight is 254 g/mol. The molecule has 0 unspecified atom stereocenters. The minimum atomic E-state index is -4.44. The van der Waals surface area contributed by atoms with Gasteiger partial charge in [-0.05, 0) is 12.1 Å². The van der Waals surface area contributed by atoms with E-state index in [9.17, 15) is 13.2 Å². The summed E-state index contributed by atoms with van der Waals surface area (Å²) in [7, 11) is 0. The number of nitrogens with one attached hydrogen (secondary N) is 1. The minimum Gasteiger partial charge on any atom is -0.381 e. The second kappa shape index (κ2) is 4.52. The lowest BCUT2D eigenvalue weighted by molar-refractivity contribution is -0.136. The molecule has 0 bridgehead atoms. The third-order valence-corrected chi connectivity index (χ3v) is 2.21. The Balaban J connectivity index is 2.39. The highest BCUT2D eigenvalue weighted by Crippen LogP contribution is 2.35. The second-order valence-corrected chi connectivity index (χ2v) is 3.46. The monoisotopic (exact) mass is 254 g/mol. The van der Waals surface area contributed by atoms with E-state index in [4.69, 9.17) is 5.73 Å². The van der Waals surface area contributed by atoms with Crippen LogP contribution in [0.1, 0.15) is 5.56 Å². The Kier molecular flexibility index (Phi) is 3.05. The molecule has 0 aliphatic rings. The summed E-state index contributed by atoms with van der Waals surface area (Å²) in [4.78, 5) is 7.57. The number of nitrogen functional groups attached to an aromatic ring is 1. The van der Waals surface area contributed by atoms with Crippen molar-refractivity contribution in [3.63, 3.8) is 0 Å². The largest absolute Gasteiger partial charge is 0.418 e. The Labute approximate surface area is 101 Å². The highest BCUT2D eigenvalue weighted by atomic mass is 19.4. The van der Waals surface area contributed by atoms with Crippen molar-refractivity contribution in [3.05, 3.63) is 42.2 Å². The molecule has 18 heavy (non-hydrogen) atoms. The lowest BCUT2D eigenvalue weighted by Crippen LogP contribution is -2.10. The standard InChI is InChI=1S/C11H9F3N4/c12-11(13,14)7-3-1-2-4-8(7)18-10-9(15)16-5-6-17-10/h1-6H,(H2,15,16)(H,17,18). The van der Waals surface area contributed by atoms with Crippen molar-refractivity contribution in [2.75, 3.05) is 11.1 Å². The van der Waals surface area contributed by atoms with Gasteiger partial charge in [-0.3, -0.25) is 0 Å². The third-order valence-electron chi connectivity index (χ3n) is 2.21. The molecule has 0 radical (unpaired) electrons. The van der Waals surface area contributed by atoms with Gasteiger partial charge in [0, 0.05) is 12.4 Å². The summed E-state index contributed by atoms with van der Waals surface area (Å²) >= 11 is 0. The van der Waals surface area contributed by atoms with Crippen LogP contribution in [0.15, 0.2) is 36.7 Å². The third kappa shape index (κ3) is 2.50. The molecule has 1 heterocycles. The van der Waals surface area contributed by atoms with Crippen LogP contribution in [0.4, 0.5) is 30.5 Å². The number of hydrogen-bond acceptors (Lipinski definition) is 4. The molecule has 0 fully saturated rings. The Morgan fingerprint density at radius 2 is 1.72 bits per heavy atom. The van der Waals surface area contributed by atoms with Crippen molar-refractivity contribution in [1.82, 2.24) is 9.97 Å². The van der Waals surface area contributed by atoms with Crippen LogP contribution in [0.25, 0.3) is 0 Å². The summed E-state index contributed by atoms with van der Waals surface area (Å²) in [5.41, 5.74) is 4.61. The molecule has 2 aromatic rings. The summed E-state index contributed by atoms with van der Waals surface area (Å²) in [5.74, 6) is 0.128. The second-order valence-electron chi connectivity index (χ2n) is 3.46. The maximum absolute atomic E-state index is 12.7. The van der Waals surface area contributed by atoms with E-state index in [0.29, 0.717) is 0 Å². The Bertz CT molecular complexity index is 554. The van der Waals surface area contributed by atoms with Crippen LogP contribution in [0.2, 0.25) is 0 Å². The highest BCUT2D eigenvalue weighted by Gasteiger charge is 2.33. The van der Waals surface area contributed by atoms with Crippen LogP contribution in [-0.2, 0) is 6.18 Å². The smallest absolute Gasteiger partial charge is 0.381 e. The van der Waals surface area contributed by atoms with Gasteiger partial charge in [-0.1, -0.05) is 12.1 Å². The van der Waals surface area contributed by atoms with Crippen molar-refractivity contribution < 1.29 is 13.2 Å². The number of nitrogens with zero attached hydrogens (tertiary/aromatic N) is 2. The number of aromatic nitrogens is 2. The van der Waals surface area contributed by atoms with Crippen molar-refractivity contribution in [2.45, 2.75) is 6.18 Å². The molecule has 0 atom stereocenters. The topological polar surface area (TPSA) is 63.8 Å². The molecule has 1 aromatic heterocycles. The van der Waals surface area contributed by atoms with Gasteiger partial charge < -0.3 is 11.1 Å². The first-order chi connectivity index (χ1) is 8.48. The van der Waals surface area contributed by atoms with E-state index >= 15 is 0 Å². The van der Waals surface area contributed by atoms with Crippen LogP contribution in [0, 0.1) is 0 Å². The molecule has 2 rings (SSSR count). The predicted octanol–water partition coefficient (Wildman–Crippen LogP) is 2.82. The molecule has 7 heteroatoms. The Morgan fingerprint density at radius 1 is 1.06 bits per heavy atom. The molecular formula is C11H9F3N4. The molecule has 0 amide bonds. The molecule has 94 valence electrons. The number of hydrogen-bond donors (Lipinski definition) is 2. The van der Waals surface area contributed by atoms with Crippen molar-refractivity contribution in [3.8, 4) is 0 Å². The van der Waals surface area contributed by atoms with Crippen LogP contribution in [0.3, 0.4) is 0 Å². The number of benzene rings is 1. The minimum absolute atomic E-state index is 0.0366. The van der Waals surface area contributed by atoms with E-state index in [2.05, 4.69) is 15.3 Å². The van der Waals surface area contributed by atoms with E-state index in [-0.39, 0.29) is 17.3 Å².